The highest BCUT2D eigenvalue weighted by Gasteiger charge is 2.21. The van der Waals surface area contributed by atoms with Crippen LogP contribution in [0.15, 0.2) is 47.8 Å². The second-order valence-electron chi connectivity index (χ2n) is 6.06. The number of nitrogens with zero attached hydrogens (tertiary/aromatic N) is 2. The lowest BCUT2D eigenvalue weighted by Gasteiger charge is -2.29. The zero-order valence-electron chi connectivity index (χ0n) is 14.4. The molecule has 0 fully saturated rings. The largest absolute Gasteiger partial charge is 0.332 e. The molecule has 0 saturated carbocycles. The second kappa shape index (κ2) is 8.64. The van der Waals surface area contributed by atoms with Gasteiger partial charge >= 0.3 is 0 Å². The molecule has 0 aliphatic carbocycles. The van der Waals surface area contributed by atoms with Gasteiger partial charge in [0.05, 0.1) is 13.1 Å². The van der Waals surface area contributed by atoms with Gasteiger partial charge in [-0.25, -0.2) is 0 Å². The normalized spacial score (nSPS) is 10.7. The average Bonchev–Trinajstić information content (AvgIpc) is 3.05. The summed E-state index contributed by atoms with van der Waals surface area (Å²) in [6.07, 6.45) is 0. The molecule has 0 saturated heterocycles. The fraction of sp³-hybridized carbons (Fsp3) is 0.368. The van der Waals surface area contributed by atoms with E-state index in [1.54, 1.807) is 16.2 Å². The quantitative estimate of drug-likeness (QED) is 0.771. The van der Waals surface area contributed by atoms with Crippen molar-refractivity contribution in [1.82, 2.24) is 9.80 Å². The van der Waals surface area contributed by atoms with E-state index < -0.39 is 0 Å². The highest BCUT2D eigenvalue weighted by Crippen LogP contribution is 2.15. The van der Waals surface area contributed by atoms with Gasteiger partial charge in [-0.3, -0.25) is 9.59 Å². The van der Waals surface area contributed by atoms with Crippen LogP contribution in [0.5, 0.6) is 0 Å². The SMILES string of the molecule is CC(=O)N(CC(=O)N(Cc1ccccc1)Cc1cccs1)C(C)C. The van der Waals surface area contributed by atoms with Gasteiger partial charge in [0.1, 0.15) is 0 Å². The molecule has 0 aliphatic rings. The number of hydrogen-bond acceptors (Lipinski definition) is 3. The van der Waals surface area contributed by atoms with Crippen LogP contribution >= 0.6 is 11.3 Å². The predicted octanol–water partition coefficient (Wildman–Crippen LogP) is 3.53. The van der Waals surface area contributed by atoms with Gasteiger partial charge in [-0.05, 0) is 30.9 Å². The molecule has 1 aromatic heterocycles. The van der Waals surface area contributed by atoms with Gasteiger partial charge in [0.2, 0.25) is 11.8 Å². The lowest BCUT2D eigenvalue weighted by Crippen LogP contribution is -2.44. The fourth-order valence-corrected chi connectivity index (χ4v) is 3.25. The number of hydrogen-bond donors (Lipinski definition) is 0. The average molecular weight is 344 g/mol. The summed E-state index contributed by atoms with van der Waals surface area (Å²) in [5, 5.41) is 2.01. The molecule has 128 valence electrons. The number of benzene rings is 1. The Labute approximate surface area is 147 Å². The number of carbonyl (C=O) groups excluding carboxylic acids is 2. The third-order valence-electron chi connectivity index (χ3n) is 3.83. The highest BCUT2D eigenvalue weighted by molar-refractivity contribution is 7.09. The predicted molar refractivity (Wildman–Crippen MR) is 97.5 cm³/mol. The molecule has 1 aromatic carbocycles. The van der Waals surface area contributed by atoms with Gasteiger partial charge in [0.15, 0.2) is 0 Å². The van der Waals surface area contributed by atoms with Gasteiger partial charge in [0, 0.05) is 24.4 Å². The van der Waals surface area contributed by atoms with Gasteiger partial charge in [-0.1, -0.05) is 36.4 Å². The standard InChI is InChI=1S/C19H24N2O2S/c1-15(2)21(16(3)22)14-19(23)20(13-18-10-7-11-24-18)12-17-8-5-4-6-9-17/h4-11,15H,12-14H2,1-3H3. The van der Waals surface area contributed by atoms with Crippen LogP contribution in [0.25, 0.3) is 0 Å². The first-order valence-corrected chi connectivity index (χ1v) is 8.96. The molecular weight excluding hydrogens is 320 g/mol. The Bertz CT molecular complexity index is 653. The molecule has 0 N–H and O–H groups in total. The van der Waals surface area contributed by atoms with E-state index >= 15 is 0 Å². The highest BCUT2D eigenvalue weighted by atomic mass is 32.1. The van der Waals surface area contributed by atoms with Gasteiger partial charge in [-0.15, -0.1) is 11.3 Å². The summed E-state index contributed by atoms with van der Waals surface area (Å²) < 4.78 is 0. The Kier molecular flexibility index (Phi) is 6.55. The number of thiophene rings is 1. The lowest BCUT2D eigenvalue weighted by molar-refractivity contribution is -0.141. The summed E-state index contributed by atoms with van der Waals surface area (Å²) in [7, 11) is 0. The Morgan fingerprint density at radius 1 is 1.04 bits per heavy atom. The Morgan fingerprint density at radius 3 is 2.29 bits per heavy atom. The maximum absolute atomic E-state index is 12.8. The van der Waals surface area contributed by atoms with E-state index in [1.165, 1.54) is 6.92 Å². The monoisotopic (exact) mass is 344 g/mol. The fourth-order valence-electron chi connectivity index (χ4n) is 2.53. The molecule has 0 spiro atoms. The van der Waals surface area contributed by atoms with E-state index in [1.807, 2.05) is 66.6 Å². The molecule has 2 aromatic rings. The molecule has 5 heteroatoms. The molecule has 4 nitrogen and oxygen atoms in total. The van der Waals surface area contributed by atoms with Gasteiger partial charge in [0.25, 0.3) is 0 Å². The van der Waals surface area contributed by atoms with Crippen molar-refractivity contribution in [3.63, 3.8) is 0 Å². The van der Waals surface area contributed by atoms with Crippen molar-refractivity contribution in [1.29, 1.82) is 0 Å². The minimum atomic E-state index is -0.0749. The van der Waals surface area contributed by atoms with Crippen LogP contribution in [-0.4, -0.2) is 34.2 Å². The Balaban J connectivity index is 2.14. The molecule has 0 atom stereocenters. The third-order valence-corrected chi connectivity index (χ3v) is 4.69. The smallest absolute Gasteiger partial charge is 0.242 e. The molecule has 0 radical (unpaired) electrons. The topological polar surface area (TPSA) is 40.6 Å². The van der Waals surface area contributed by atoms with Crippen LogP contribution in [-0.2, 0) is 22.7 Å². The van der Waals surface area contributed by atoms with Gasteiger partial charge < -0.3 is 9.80 Å². The molecule has 0 unspecified atom stereocenters. The molecule has 0 bridgehead atoms. The van der Waals surface area contributed by atoms with E-state index in [9.17, 15) is 9.59 Å². The maximum Gasteiger partial charge on any atom is 0.242 e. The summed E-state index contributed by atoms with van der Waals surface area (Å²) in [6.45, 7) is 6.58. The van der Waals surface area contributed by atoms with E-state index in [4.69, 9.17) is 0 Å². The summed E-state index contributed by atoms with van der Waals surface area (Å²) in [5.41, 5.74) is 1.08. The van der Waals surface area contributed by atoms with Crippen molar-refractivity contribution in [2.75, 3.05) is 6.54 Å². The maximum atomic E-state index is 12.8. The summed E-state index contributed by atoms with van der Waals surface area (Å²) in [4.78, 5) is 29.2. The summed E-state index contributed by atoms with van der Waals surface area (Å²) >= 11 is 1.64. The Hall–Kier alpha value is -2.14. The minimum absolute atomic E-state index is 0.00626. The number of amides is 2. The molecule has 0 aliphatic heterocycles. The number of rotatable bonds is 7. The first-order valence-electron chi connectivity index (χ1n) is 8.08. The first kappa shape index (κ1) is 18.2. The van der Waals surface area contributed by atoms with E-state index in [0.29, 0.717) is 13.1 Å². The third kappa shape index (κ3) is 5.20. The zero-order valence-corrected chi connectivity index (χ0v) is 15.3. The second-order valence-corrected chi connectivity index (χ2v) is 7.09. The van der Waals surface area contributed by atoms with Crippen molar-refractivity contribution in [2.24, 2.45) is 0 Å². The Morgan fingerprint density at radius 2 is 1.75 bits per heavy atom. The lowest BCUT2D eigenvalue weighted by atomic mass is 10.2. The van der Waals surface area contributed by atoms with Crippen LogP contribution in [0.4, 0.5) is 0 Å². The molecule has 2 amide bonds. The first-order chi connectivity index (χ1) is 11.5. The van der Waals surface area contributed by atoms with E-state index in [0.717, 1.165) is 10.4 Å². The van der Waals surface area contributed by atoms with E-state index in [2.05, 4.69) is 0 Å². The van der Waals surface area contributed by atoms with Crippen molar-refractivity contribution in [2.45, 2.75) is 39.9 Å². The molecule has 2 rings (SSSR count). The van der Waals surface area contributed by atoms with Crippen molar-refractivity contribution in [3.05, 3.63) is 58.3 Å². The molecule has 1 heterocycles. The van der Waals surface area contributed by atoms with Crippen LogP contribution in [0, 0.1) is 0 Å². The zero-order chi connectivity index (χ0) is 17.5. The van der Waals surface area contributed by atoms with Crippen LogP contribution < -0.4 is 0 Å². The van der Waals surface area contributed by atoms with Crippen molar-refractivity contribution in [3.8, 4) is 0 Å². The molecule has 24 heavy (non-hydrogen) atoms. The van der Waals surface area contributed by atoms with Crippen molar-refractivity contribution < 1.29 is 9.59 Å². The van der Waals surface area contributed by atoms with Crippen LogP contribution in [0.1, 0.15) is 31.2 Å². The van der Waals surface area contributed by atoms with Crippen molar-refractivity contribution >= 4 is 23.2 Å². The molecular formula is C19H24N2O2S. The number of carbonyl (C=O) groups is 2. The summed E-state index contributed by atoms with van der Waals surface area (Å²) in [5.74, 6) is -0.106. The summed E-state index contributed by atoms with van der Waals surface area (Å²) in [6, 6.07) is 14.0. The van der Waals surface area contributed by atoms with Crippen LogP contribution in [0.3, 0.4) is 0 Å². The van der Waals surface area contributed by atoms with Gasteiger partial charge in [-0.2, -0.15) is 0 Å². The minimum Gasteiger partial charge on any atom is -0.332 e. The van der Waals surface area contributed by atoms with Crippen LogP contribution in [0.2, 0.25) is 0 Å². The van der Waals surface area contributed by atoms with E-state index in [-0.39, 0.29) is 24.4 Å².